The molecule has 1 amide bonds. The highest BCUT2D eigenvalue weighted by molar-refractivity contribution is 6.30. The van der Waals surface area contributed by atoms with Crippen molar-refractivity contribution in [1.82, 2.24) is 9.47 Å². The Labute approximate surface area is 184 Å². The van der Waals surface area contributed by atoms with E-state index >= 15 is 0 Å². The van der Waals surface area contributed by atoms with Gasteiger partial charge in [-0.15, -0.1) is 0 Å². The Balaban J connectivity index is 1.48. The smallest absolute Gasteiger partial charge is 0.226 e. The topological polar surface area (TPSA) is 25.2 Å². The predicted molar refractivity (Wildman–Crippen MR) is 123 cm³/mol. The normalized spacial score (nSPS) is 17.9. The van der Waals surface area contributed by atoms with Crippen LogP contribution < -0.4 is 0 Å². The summed E-state index contributed by atoms with van der Waals surface area (Å²) in [5.41, 5.74) is 3.60. The summed E-state index contributed by atoms with van der Waals surface area (Å²) < 4.78 is 2.22. The van der Waals surface area contributed by atoms with Gasteiger partial charge in [0, 0.05) is 35.9 Å². The number of benzene rings is 2. The molecule has 0 saturated heterocycles. The van der Waals surface area contributed by atoms with Crippen LogP contribution in [0.3, 0.4) is 0 Å². The standard InChI is InChI=1S/C26H29ClN2O/c1-19(2)16-29(26(30)25-15-24(25)21-9-4-3-5-10-21)18-23-12-7-13-28(23)17-20-8-6-11-22(27)14-20/h3-14,19,24-25H,15-18H2,1-2H3/t24-,25-/m0/s1. The van der Waals surface area contributed by atoms with Crippen LogP contribution in [0, 0.1) is 11.8 Å². The summed E-state index contributed by atoms with van der Waals surface area (Å²) in [6, 6.07) is 22.6. The van der Waals surface area contributed by atoms with E-state index in [1.54, 1.807) is 0 Å². The van der Waals surface area contributed by atoms with E-state index in [4.69, 9.17) is 11.6 Å². The fraction of sp³-hybridized carbons (Fsp3) is 0.346. The lowest BCUT2D eigenvalue weighted by Gasteiger charge is -2.26. The molecule has 0 unspecified atom stereocenters. The molecular formula is C26H29ClN2O. The highest BCUT2D eigenvalue weighted by Crippen LogP contribution is 2.48. The SMILES string of the molecule is CC(C)CN(Cc1cccn1Cc1cccc(Cl)c1)C(=O)[C@H]1C[C@H]1c1ccccc1. The molecule has 4 heteroatoms. The van der Waals surface area contributed by atoms with Crippen molar-refractivity contribution in [3.05, 3.63) is 94.8 Å². The first kappa shape index (κ1) is 20.7. The lowest BCUT2D eigenvalue weighted by molar-refractivity contribution is -0.134. The second-order valence-corrected chi connectivity index (χ2v) is 9.17. The van der Waals surface area contributed by atoms with Gasteiger partial charge in [0.2, 0.25) is 5.91 Å². The maximum absolute atomic E-state index is 13.4. The average Bonchev–Trinajstić information content (AvgIpc) is 3.42. The predicted octanol–water partition coefficient (Wildman–Crippen LogP) is 5.98. The van der Waals surface area contributed by atoms with Crippen LogP contribution in [-0.2, 0) is 17.9 Å². The third-order valence-corrected chi connectivity index (χ3v) is 5.99. The van der Waals surface area contributed by atoms with Crippen molar-refractivity contribution in [2.75, 3.05) is 6.54 Å². The molecule has 1 fully saturated rings. The van der Waals surface area contributed by atoms with Crippen LogP contribution in [0.15, 0.2) is 72.9 Å². The number of carbonyl (C=O) groups is 1. The van der Waals surface area contributed by atoms with Crippen LogP contribution >= 0.6 is 11.6 Å². The van der Waals surface area contributed by atoms with Gasteiger partial charge in [0.15, 0.2) is 0 Å². The molecule has 2 atom stereocenters. The Morgan fingerprint density at radius 1 is 1.10 bits per heavy atom. The second kappa shape index (κ2) is 9.09. The van der Waals surface area contributed by atoms with Crippen LogP contribution in [-0.4, -0.2) is 21.9 Å². The molecule has 1 saturated carbocycles. The van der Waals surface area contributed by atoms with Gasteiger partial charge in [-0.1, -0.05) is 67.9 Å². The minimum Gasteiger partial charge on any atom is -0.345 e. The maximum Gasteiger partial charge on any atom is 0.226 e. The van der Waals surface area contributed by atoms with Gasteiger partial charge in [-0.25, -0.2) is 0 Å². The summed E-state index contributed by atoms with van der Waals surface area (Å²) in [5, 5.41) is 0.749. The lowest BCUT2D eigenvalue weighted by atomic mass is 10.1. The zero-order valence-electron chi connectivity index (χ0n) is 17.7. The van der Waals surface area contributed by atoms with E-state index in [1.807, 2.05) is 24.3 Å². The number of carbonyl (C=O) groups excluding carboxylic acids is 1. The number of hydrogen-bond acceptors (Lipinski definition) is 1. The average molecular weight is 421 g/mol. The van der Waals surface area contributed by atoms with Gasteiger partial charge in [0.1, 0.15) is 0 Å². The first-order valence-corrected chi connectivity index (χ1v) is 11.1. The van der Waals surface area contributed by atoms with Crippen molar-refractivity contribution in [3.63, 3.8) is 0 Å². The van der Waals surface area contributed by atoms with Gasteiger partial charge in [-0.2, -0.15) is 0 Å². The molecular weight excluding hydrogens is 392 g/mol. The van der Waals surface area contributed by atoms with Crippen LogP contribution in [0.25, 0.3) is 0 Å². The maximum atomic E-state index is 13.4. The third-order valence-electron chi connectivity index (χ3n) is 5.75. The summed E-state index contributed by atoms with van der Waals surface area (Å²) in [6.07, 6.45) is 3.04. The third kappa shape index (κ3) is 4.96. The van der Waals surface area contributed by atoms with Crippen LogP contribution in [0.1, 0.15) is 43.0 Å². The van der Waals surface area contributed by atoms with Gasteiger partial charge >= 0.3 is 0 Å². The van der Waals surface area contributed by atoms with Crippen LogP contribution in [0.5, 0.6) is 0 Å². The summed E-state index contributed by atoms with van der Waals surface area (Å²) in [6.45, 7) is 6.52. The largest absolute Gasteiger partial charge is 0.345 e. The van der Waals surface area contributed by atoms with Crippen molar-refractivity contribution >= 4 is 17.5 Å². The molecule has 1 aromatic heterocycles. The van der Waals surface area contributed by atoms with Gasteiger partial charge < -0.3 is 9.47 Å². The molecule has 1 aliphatic rings. The van der Waals surface area contributed by atoms with Crippen molar-refractivity contribution in [1.29, 1.82) is 0 Å². The molecule has 3 aromatic rings. The summed E-state index contributed by atoms with van der Waals surface area (Å²) in [4.78, 5) is 15.4. The molecule has 0 aliphatic heterocycles. The number of amides is 1. The number of hydrogen-bond donors (Lipinski definition) is 0. The van der Waals surface area contributed by atoms with Gasteiger partial charge in [0.25, 0.3) is 0 Å². The van der Waals surface area contributed by atoms with E-state index < -0.39 is 0 Å². The quantitative estimate of drug-likeness (QED) is 0.440. The minimum absolute atomic E-state index is 0.113. The Bertz CT molecular complexity index is 995. The first-order chi connectivity index (χ1) is 14.5. The first-order valence-electron chi connectivity index (χ1n) is 10.7. The number of nitrogens with zero attached hydrogens (tertiary/aromatic N) is 2. The molecule has 3 nitrogen and oxygen atoms in total. The molecule has 4 rings (SSSR count). The van der Waals surface area contributed by atoms with E-state index in [1.165, 1.54) is 5.56 Å². The van der Waals surface area contributed by atoms with E-state index in [9.17, 15) is 4.79 Å². The van der Waals surface area contributed by atoms with E-state index in [-0.39, 0.29) is 11.8 Å². The Morgan fingerprint density at radius 2 is 1.90 bits per heavy atom. The second-order valence-electron chi connectivity index (χ2n) is 8.73. The van der Waals surface area contributed by atoms with Gasteiger partial charge in [-0.3, -0.25) is 4.79 Å². The van der Waals surface area contributed by atoms with Crippen LogP contribution in [0.2, 0.25) is 5.02 Å². The monoisotopic (exact) mass is 420 g/mol. The van der Waals surface area contributed by atoms with Crippen molar-refractivity contribution in [2.45, 2.75) is 39.3 Å². The number of aromatic nitrogens is 1. The Kier molecular flexibility index (Phi) is 6.29. The number of halogens is 1. The van der Waals surface area contributed by atoms with Gasteiger partial charge in [-0.05, 0) is 53.6 Å². The van der Waals surface area contributed by atoms with E-state index in [2.05, 4.69) is 72.0 Å². The molecule has 30 heavy (non-hydrogen) atoms. The minimum atomic E-state index is 0.113. The molecule has 1 aliphatic carbocycles. The Morgan fingerprint density at radius 3 is 2.63 bits per heavy atom. The zero-order chi connectivity index (χ0) is 21.1. The Hall–Kier alpha value is -2.52. The van der Waals surface area contributed by atoms with E-state index in [0.29, 0.717) is 18.4 Å². The molecule has 156 valence electrons. The van der Waals surface area contributed by atoms with Crippen molar-refractivity contribution in [2.24, 2.45) is 11.8 Å². The van der Waals surface area contributed by atoms with Crippen LogP contribution in [0.4, 0.5) is 0 Å². The number of rotatable bonds is 8. The molecule has 2 aromatic carbocycles. The highest BCUT2D eigenvalue weighted by atomic mass is 35.5. The molecule has 0 spiro atoms. The van der Waals surface area contributed by atoms with Crippen molar-refractivity contribution in [3.8, 4) is 0 Å². The molecule has 1 heterocycles. The molecule has 0 bridgehead atoms. The zero-order valence-corrected chi connectivity index (χ0v) is 18.4. The van der Waals surface area contributed by atoms with E-state index in [0.717, 1.165) is 35.8 Å². The highest BCUT2D eigenvalue weighted by Gasteiger charge is 2.45. The summed E-state index contributed by atoms with van der Waals surface area (Å²) >= 11 is 6.15. The lowest BCUT2D eigenvalue weighted by Crippen LogP contribution is -2.35. The van der Waals surface area contributed by atoms with Crippen molar-refractivity contribution < 1.29 is 4.79 Å². The molecule has 0 radical (unpaired) electrons. The fourth-order valence-electron chi connectivity index (χ4n) is 4.22. The molecule has 0 N–H and O–H groups in total. The summed E-state index contributed by atoms with van der Waals surface area (Å²) in [7, 11) is 0. The summed E-state index contributed by atoms with van der Waals surface area (Å²) in [5.74, 6) is 1.20. The van der Waals surface area contributed by atoms with Gasteiger partial charge in [0.05, 0.1) is 6.54 Å². The fourth-order valence-corrected chi connectivity index (χ4v) is 4.43.